The molecule has 3 aromatic rings. The van der Waals surface area contributed by atoms with Gasteiger partial charge in [-0.2, -0.15) is 0 Å². The third kappa shape index (κ3) is 7.58. The van der Waals surface area contributed by atoms with Crippen LogP contribution >= 0.6 is 11.8 Å². The number of para-hydroxylation sites is 1. The lowest BCUT2D eigenvalue weighted by Crippen LogP contribution is -2.62. The summed E-state index contributed by atoms with van der Waals surface area (Å²) in [7, 11) is 0. The van der Waals surface area contributed by atoms with Crippen LogP contribution in [0.5, 0.6) is 5.75 Å². The minimum atomic E-state index is -0.701. The van der Waals surface area contributed by atoms with Crippen LogP contribution in [-0.2, 0) is 41.5 Å². The quantitative estimate of drug-likeness (QED) is 0.196. The third-order valence-corrected chi connectivity index (χ3v) is 7.94. The molecule has 2 saturated heterocycles. The number of fused-ring (bicyclic) bond motifs is 1. The molecule has 8 heteroatoms. The predicted molar refractivity (Wildman–Crippen MR) is 158 cm³/mol. The molecule has 3 aromatic carbocycles. The number of benzene rings is 3. The van der Waals surface area contributed by atoms with Crippen LogP contribution in [0.3, 0.4) is 0 Å². The molecule has 2 aliphatic heterocycles. The molecule has 0 radical (unpaired) electrons. The fourth-order valence-corrected chi connectivity index (χ4v) is 5.94. The molecule has 7 nitrogen and oxygen atoms in total. The number of esters is 1. The van der Waals surface area contributed by atoms with Crippen molar-refractivity contribution in [1.29, 1.82) is 0 Å². The van der Waals surface area contributed by atoms with Gasteiger partial charge in [0.05, 0.1) is 19.6 Å². The van der Waals surface area contributed by atoms with Crippen LogP contribution in [-0.4, -0.2) is 54.8 Å². The summed E-state index contributed by atoms with van der Waals surface area (Å²) < 4.78 is 37.5. The van der Waals surface area contributed by atoms with E-state index in [4.69, 9.17) is 28.4 Å². The fourth-order valence-electron chi connectivity index (χ4n) is 4.99. The molecular weight excluding hydrogens is 540 g/mol. The van der Waals surface area contributed by atoms with Crippen molar-refractivity contribution in [1.82, 2.24) is 0 Å². The lowest BCUT2D eigenvalue weighted by atomic mass is 9.98. The van der Waals surface area contributed by atoms with E-state index in [0.717, 1.165) is 22.4 Å². The molecule has 5 rings (SSSR count). The SMILES string of the molecule is C=CCOc1ccccc1CC(=O)O[C@@H]1[C@@H](OCc2ccccc2)[C@H]2OC(c3ccccc3)OC[C@H]2O[C@H]1SCC. The van der Waals surface area contributed by atoms with Crippen molar-refractivity contribution in [3.8, 4) is 5.75 Å². The summed E-state index contributed by atoms with van der Waals surface area (Å²) >= 11 is 1.57. The molecule has 0 saturated carbocycles. The van der Waals surface area contributed by atoms with Crippen molar-refractivity contribution in [2.45, 2.75) is 56.1 Å². The zero-order valence-corrected chi connectivity index (χ0v) is 23.9. The number of hydrogen-bond acceptors (Lipinski definition) is 8. The van der Waals surface area contributed by atoms with Gasteiger partial charge in [0.2, 0.25) is 0 Å². The minimum absolute atomic E-state index is 0.0451. The molecular formula is C33H36O7S. The second-order valence-corrected chi connectivity index (χ2v) is 11.2. The normalized spacial score (nSPS) is 25.6. The van der Waals surface area contributed by atoms with E-state index >= 15 is 0 Å². The van der Waals surface area contributed by atoms with Gasteiger partial charge in [-0.05, 0) is 17.4 Å². The third-order valence-electron chi connectivity index (χ3n) is 6.90. The Morgan fingerprint density at radius 2 is 1.71 bits per heavy atom. The van der Waals surface area contributed by atoms with Gasteiger partial charge in [-0.25, -0.2) is 0 Å². The topological polar surface area (TPSA) is 72.5 Å². The maximum Gasteiger partial charge on any atom is 0.310 e. The number of rotatable bonds is 12. The van der Waals surface area contributed by atoms with Crippen molar-refractivity contribution in [2.75, 3.05) is 19.0 Å². The lowest BCUT2D eigenvalue weighted by molar-refractivity contribution is -0.326. The van der Waals surface area contributed by atoms with Crippen LogP contribution in [0.15, 0.2) is 97.6 Å². The summed E-state index contributed by atoms with van der Waals surface area (Å²) in [4.78, 5) is 13.4. The Hall–Kier alpha value is -3.14. The summed E-state index contributed by atoms with van der Waals surface area (Å²) in [5.74, 6) is 1.00. The number of carbonyl (C=O) groups excluding carboxylic acids is 1. The second kappa shape index (κ2) is 14.7. The van der Waals surface area contributed by atoms with Gasteiger partial charge in [-0.3, -0.25) is 4.79 Å². The highest BCUT2D eigenvalue weighted by Gasteiger charge is 2.52. The van der Waals surface area contributed by atoms with E-state index in [9.17, 15) is 4.79 Å². The largest absolute Gasteiger partial charge is 0.489 e. The number of carbonyl (C=O) groups is 1. The highest BCUT2D eigenvalue weighted by molar-refractivity contribution is 7.99. The molecule has 0 aromatic heterocycles. The Morgan fingerprint density at radius 3 is 2.46 bits per heavy atom. The zero-order valence-electron chi connectivity index (χ0n) is 23.1. The lowest BCUT2D eigenvalue weighted by Gasteiger charge is -2.48. The van der Waals surface area contributed by atoms with Gasteiger partial charge in [-0.1, -0.05) is 98.4 Å². The smallest absolute Gasteiger partial charge is 0.310 e. The van der Waals surface area contributed by atoms with Crippen molar-refractivity contribution in [2.24, 2.45) is 0 Å². The number of hydrogen-bond donors (Lipinski definition) is 0. The van der Waals surface area contributed by atoms with Crippen molar-refractivity contribution >= 4 is 17.7 Å². The van der Waals surface area contributed by atoms with Gasteiger partial charge in [0, 0.05) is 11.1 Å². The molecule has 0 aliphatic carbocycles. The highest BCUT2D eigenvalue weighted by atomic mass is 32.2. The molecule has 0 bridgehead atoms. The van der Waals surface area contributed by atoms with Gasteiger partial charge in [0.15, 0.2) is 12.4 Å². The van der Waals surface area contributed by atoms with E-state index in [1.807, 2.05) is 91.9 Å². The van der Waals surface area contributed by atoms with Gasteiger partial charge >= 0.3 is 5.97 Å². The molecule has 2 heterocycles. The first-order valence-electron chi connectivity index (χ1n) is 13.9. The first-order chi connectivity index (χ1) is 20.2. The van der Waals surface area contributed by atoms with Gasteiger partial charge in [0.25, 0.3) is 0 Å². The number of thioether (sulfide) groups is 1. The van der Waals surface area contributed by atoms with Crippen molar-refractivity contribution < 1.29 is 33.2 Å². The standard InChI is InChI=1S/C33H36O7S/c1-3-19-35-26-18-12-11-17-25(26)20-28(34)39-31-30(36-21-23-13-7-5-8-14-23)29-27(38-33(31)41-4-2)22-37-32(40-29)24-15-9-6-10-16-24/h3,5-18,27,29-33H,1,4,19-22H2,2H3/t27-,29+,30+,31-,32?,33+/m1/s1. The summed E-state index contributed by atoms with van der Waals surface area (Å²) in [5.41, 5.74) is 2.21. The van der Waals surface area contributed by atoms with E-state index in [1.165, 1.54) is 0 Å². The van der Waals surface area contributed by atoms with E-state index in [0.29, 0.717) is 25.6 Å². The first kappa shape index (κ1) is 29.4. The Balaban J connectivity index is 1.39. The molecule has 1 unspecified atom stereocenters. The van der Waals surface area contributed by atoms with E-state index < -0.39 is 36.0 Å². The summed E-state index contributed by atoms with van der Waals surface area (Å²) in [6.45, 7) is 6.78. The molecule has 2 fully saturated rings. The molecule has 0 amide bonds. The van der Waals surface area contributed by atoms with Crippen LogP contribution in [0.25, 0.3) is 0 Å². The van der Waals surface area contributed by atoms with Crippen LogP contribution in [0.1, 0.15) is 29.9 Å². The molecule has 2 aliphatic rings. The Bertz CT molecular complexity index is 1250. The van der Waals surface area contributed by atoms with E-state index in [1.54, 1.807) is 17.8 Å². The molecule has 41 heavy (non-hydrogen) atoms. The summed E-state index contributed by atoms with van der Waals surface area (Å²) in [6, 6.07) is 27.2. The second-order valence-electron chi connectivity index (χ2n) is 9.77. The minimum Gasteiger partial charge on any atom is -0.489 e. The first-order valence-corrected chi connectivity index (χ1v) is 15.0. The van der Waals surface area contributed by atoms with Crippen molar-refractivity contribution in [3.63, 3.8) is 0 Å². The Kier molecular flexibility index (Phi) is 10.5. The van der Waals surface area contributed by atoms with Crippen LogP contribution < -0.4 is 4.74 Å². The van der Waals surface area contributed by atoms with Gasteiger partial charge < -0.3 is 28.4 Å². The molecule has 216 valence electrons. The summed E-state index contributed by atoms with van der Waals surface area (Å²) in [5, 5.41) is 0. The molecule has 0 N–H and O–H groups in total. The molecule has 6 atom stereocenters. The van der Waals surface area contributed by atoms with Crippen LogP contribution in [0.2, 0.25) is 0 Å². The van der Waals surface area contributed by atoms with Crippen molar-refractivity contribution in [3.05, 3.63) is 114 Å². The average Bonchev–Trinajstić information content (AvgIpc) is 3.01. The maximum atomic E-state index is 13.4. The highest BCUT2D eigenvalue weighted by Crippen LogP contribution is 2.39. The van der Waals surface area contributed by atoms with Crippen LogP contribution in [0.4, 0.5) is 0 Å². The average molecular weight is 577 g/mol. The van der Waals surface area contributed by atoms with E-state index in [-0.39, 0.29) is 12.5 Å². The van der Waals surface area contributed by atoms with Gasteiger partial charge in [-0.15, -0.1) is 11.8 Å². The zero-order chi connectivity index (χ0) is 28.4. The maximum absolute atomic E-state index is 13.4. The monoisotopic (exact) mass is 576 g/mol. The van der Waals surface area contributed by atoms with Crippen LogP contribution in [0, 0.1) is 0 Å². The molecule has 0 spiro atoms. The van der Waals surface area contributed by atoms with Gasteiger partial charge in [0.1, 0.15) is 36.1 Å². The predicted octanol–water partition coefficient (Wildman–Crippen LogP) is 5.88. The van der Waals surface area contributed by atoms with E-state index in [2.05, 4.69) is 6.58 Å². The fraction of sp³-hybridized carbons (Fsp3) is 0.364. The Morgan fingerprint density at radius 1 is 0.976 bits per heavy atom. The number of ether oxygens (including phenoxy) is 6. The summed E-state index contributed by atoms with van der Waals surface area (Å²) in [6.07, 6.45) is -1.02. The Labute approximate surface area is 245 Å².